The Labute approximate surface area is 151 Å². The van der Waals surface area contributed by atoms with Gasteiger partial charge in [-0.15, -0.1) is 11.3 Å². The Hall–Kier alpha value is -2.21. The van der Waals surface area contributed by atoms with Gasteiger partial charge in [0, 0.05) is 25.1 Å². The van der Waals surface area contributed by atoms with E-state index >= 15 is 0 Å². The summed E-state index contributed by atoms with van der Waals surface area (Å²) in [5, 5.41) is 1.08. The normalized spacial score (nSPS) is 17.4. The highest BCUT2D eigenvalue weighted by Gasteiger charge is 2.27. The molecule has 1 saturated heterocycles. The van der Waals surface area contributed by atoms with E-state index in [0.29, 0.717) is 13.1 Å². The van der Waals surface area contributed by atoms with Crippen molar-refractivity contribution in [2.45, 2.75) is 32.6 Å². The number of fused-ring (bicyclic) bond motifs is 1. The molecule has 2 heterocycles. The van der Waals surface area contributed by atoms with Gasteiger partial charge in [0.2, 0.25) is 0 Å². The lowest BCUT2D eigenvalue weighted by Crippen LogP contribution is -2.41. The molecule has 0 bridgehead atoms. The van der Waals surface area contributed by atoms with Crippen molar-refractivity contribution in [3.63, 3.8) is 0 Å². The average Bonchev–Trinajstić information content (AvgIpc) is 3.03. The molecule has 2 aromatic rings. The summed E-state index contributed by atoms with van der Waals surface area (Å²) in [5.41, 5.74) is 1.87. The van der Waals surface area contributed by atoms with Crippen molar-refractivity contribution < 1.29 is 14.3 Å². The predicted octanol–water partition coefficient (Wildman–Crippen LogP) is 3.51. The lowest BCUT2D eigenvalue weighted by Gasteiger charge is -2.31. The number of ether oxygens (including phenoxy) is 1. The minimum atomic E-state index is -0.465. The molecule has 1 aliphatic heterocycles. The maximum Gasteiger partial charge on any atom is 0.331 e. The molecule has 132 valence electrons. The van der Waals surface area contributed by atoms with Crippen LogP contribution in [0.3, 0.4) is 0 Å². The largest absolute Gasteiger partial charge is 0.452 e. The summed E-state index contributed by atoms with van der Waals surface area (Å²) in [6.07, 6.45) is 3.36. The van der Waals surface area contributed by atoms with Gasteiger partial charge in [0.25, 0.3) is 5.91 Å². The van der Waals surface area contributed by atoms with Crippen molar-refractivity contribution in [3.8, 4) is 0 Å². The summed E-state index contributed by atoms with van der Waals surface area (Å²) in [6, 6.07) is 8.10. The molecule has 0 N–H and O–H groups in total. The maximum atomic E-state index is 12.3. The Morgan fingerprint density at radius 1 is 1.36 bits per heavy atom. The molecule has 0 radical (unpaired) electrons. The molecule has 0 aliphatic carbocycles. The molecule has 6 heteroatoms. The molecule has 0 unspecified atom stereocenters. The second-order valence-electron chi connectivity index (χ2n) is 6.53. The highest BCUT2D eigenvalue weighted by atomic mass is 32.1. The van der Waals surface area contributed by atoms with Crippen molar-refractivity contribution in [2.75, 3.05) is 19.7 Å². The number of carbonyl (C=O) groups is 2. The van der Waals surface area contributed by atoms with Crippen LogP contribution in [0.1, 0.15) is 37.6 Å². The number of carbonyl (C=O) groups excluding carboxylic acids is 2. The summed E-state index contributed by atoms with van der Waals surface area (Å²) in [5.74, 6) is -0.349. The summed E-state index contributed by atoms with van der Waals surface area (Å²) in [6.45, 7) is 4.78. The third-order valence-corrected chi connectivity index (χ3v) is 5.38. The summed E-state index contributed by atoms with van der Waals surface area (Å²) >= 11 is 1.70. The molecule has 1 atom stereocenters. The SMILES string of the molecule is CC(C)=CC(=O)OCC(=O)N1CCC[C@@H](c2nc3ccccc3s2)C1. The number of rotatable bonds is 4. The fraction of sp³-hybridized carbons (Fsp3) is 0.421. The Morgan fingerprint density at radius 3 is 2.92 bits per heavy atom. The van der Waals surface area contributed by atoms with Crippen LogP contribution in [0, 0.1) is 0 Å². The third kappa shape index (κ3) is 4.45. The molecule has 1 aliphatic rings. The number of piperidine rings is 1. The van der Waals surface area contributed by atoms with Gasteiger partial charge in [-0.1, -0.05) is 17.7 Å². The average molecular weight is 358 g/mol. The van der Waals surface area contributed by atoms with E-state index in [1.54, 1.807) is 16.2 Å². The molecule has 1 aromatic carbocycles. The number of likely N-dealkylation sites (tertiary alicyclic amines) is 1. The first-order valence-corrected chi connectivity index (χ1v) is 9.29. The smallest absolute Gasteiger partial charge is 0.331 e. The first kappa shape index (κ1) is 17.6. The number of thiazole rings is 1. The zero-order valence-corrected chi connectivity index (χ0v) is 15.3. The van der Waals surface area contributed by atoms with Gasteiger partial charge in [0.15, 0.2) is 6.61 Å². The van der Waals surface area contributed by atoms with E-state index in [1.807, 2.05) is 32.0 Å². The lowest BCUT2D eigenvalue weighted by molar-refractivity contribution is -0.148. The van der Waals surface area contributed by atoms with Crippen LogP contribution in [0.25, 0.3) is 10.2 Å². The van der Waals surface area contributed by atoms with Gasteiger partial charge in [0.1, 0.15) is 0 Å². The number of amides is 1. The van der Waals surface area contributed by atoms with Crippen LogP contribution in [-0.2, 0) is 14.3 Å². The maximum absolute atomic E-state index is 12.3. The minimum absolute atomic E-state index is 0.138. The number of hydrogen-bond acceptors (Lipinski definition) is 5. The lowest BCUT2D eigenvalue weighted by atomic mass is 9.99. The van der Waals surface area contributed by atoms with Gasteiger partial charge in [-0.3, -0.25) is 4.79 Å². The minimum Gasteiger partial charge on any atom is -0.452 e. The van der Waals surface area contributed by atoms with Crippen LogP contribution in [0.5, 0.6) is 0 Å². The molecular weight excluding hydrogens is 336 g/mol. The van der Waals surface area contributed by atoms with Gasteiger partial charge in [-0.05, 0) is 38.8 Å². The van der Waals surface area contributed by atoms with Gasteiger partial charge in [-0.2, -0.15) is 0 Å². The second-order valence-corrected chi connectivity index (χ2v) is 7.59. The fourth-order valence-electron chi connectivity index (χ4n) is 2.97. The van der Waals surface area contributed by atoms with Crippen LogP contribution in [0.4, 0.5) is 0 Å². The number of aromatic nitrogens is 1. The Bertz CT molecular complexity index is 775. The highest BCUT2D eigenvalue weighted by molar-refractivity contribution is 7.18. The van der Waals surface area contributed by atoms with Crippen LogP contribution < -0.4 is 0 Å². The van der Waals surface area contributed by atoms with Gasteiger partial charge in [0.05, 0.1) is 15.2 Å². The van der Waals surface area contributed by atoms with E-state index in [-0.39, 0.29) is 18.4 Å². The van der Waals surface area contributed by atoms with E-state index in [2.05, 4.69) is 6.07 Å². The van der Waals surface area contributed by atoms with Crippen molar-refractivity contribution in [2.24, 2.45) is 0 Å². The van der Waals surface area contributed by atoms with Crippen molar-refractivity contribution in [3.05, 3.63) is 40.9 Å². The van der Waals surface area contributed by atoms with Crippen molar-refractivity contribution in [1.82, 2.24) is 9.88 Å². The molecule has 0 spiro atoms. The molecule has 0 saturated carbocycles. The Morgan fingerprint density at radius 2 is 2.16 bits per heavy atom. The second kappa shape index (κ2) is 7.78. The van der Waals surface area contributed by atoms with Gasteiger partial charge < -0.3 is 9.64 Å². The molecular formula is C19H22N2O3S. The Kier molecular flexibility index (Phi) is 5.48. The third-order valence-electron chi connectivity index (χ3n) is 4.18. The number of esters is 1. The quantitative estimate of drug-likeness (QED) is 0.620. The number of para-hydroxylation sites is 1. The summed E-state index contributed by atoms with van der Waals surface area (Å²) in [7, 11) is 0. The molecule has 5 nitrogen and oxygen atoms in total. The molecule has 1 aromatic heterocycles. The molecule has 25 heavy (non-hydrogen) atoms. The van der Waals surface area contributed by atoms with E-state index in [4.69, 9.17) is 9.72 Å². The first-order chi connectivity index (χ1) is 12.0. The van der Waals surface area contributed by atoms with E-state index in [1.165, 1.54) is 10.8 Å². The zero-order valence-electron chi connectivity index (χ0n) is 14.5. The first-order valence-electron chi connectivity index (χ1n) is 8.48. The molecule has 1 amide bonds. The van der Waals surface area contributed by atoms with Crippen molar-refractivity contribution >= 4 is 33.4 Å². The van der Waals surface area contributed by atoms with Crippen LogP contribution in [0.2, 0.25) is 0 Å². The standard InChI is InChI=1S/C19H22N2O3S/c1-13(2)10-18(23)24-12-17(22)21-9-5-6-14(11-21)19-20-15-7-3-4-8-16(15)25-19/h3-4,7-8,10,14H,5-6,9,11-12H2,1-2H3/t14-/m1/s1. The van der Waals surface area contributed by atoms with E-state index in [9.17, 15) is 9.59 Å². The topological polar surface area (TPSA) is 59.5 Å². The van der Waals surface area contributed by atoms with Crippen molar-refractivity contribution in [1.29, 1.82) is 0 Å². The van der Waals surface area contributed by atoms with E-state index < -0.39 is 5.97 Å². The van der Waals surface area contributed by atoms with Crippen LogP contribution >= 0.6 is 11.3 Å². The zero-order chi connectivity index (χ0) is 17.8. The summed E-state index contributed by atoms with van der Waals surface area (Å²) < 4.78 is 6.21. The fourth-order valence-corrected chi connectivity index (χ4v) is 4.06. The Balaban J connectivity index is 1.61. The van der Waals surface area contributed by atoms with Gasteiger partial charge in [-0.25, -0.2) is 9.78 Å². The molecule has 3 rings (SSSR count). The number of allylic oxidation sites excluding steroid dienone is 1. The number of benzene rings is 1. The predicted molar refractivity (Wildman–Crippen MR) is 98.6 cm³/mol. The number of nitrogens with zero attached hydrogens (tertiary/aromatic N) is 2. The van der Waals surface area contributed by atoms with Gasteiger partial charge >= 0.3 is 5.97 Å². The van der Waals surface area contributed by atoms with Crippen LogP contribution in [-0.4, -0.2) is 41.5 Å². The highest BCUT2D eigenvalue weighted by Crippen LogP contribution is 2.32. The number of hydrogen-bond donors (Lipinski definition) is 0. The summed E-state index contributed by atoms with van der Waals surface area (Å²) in [4.78, 5) is 30.4. The molecule has 1 fully saturated rings. The van der Waals surface area contributed by atoms with E-state index in [0.717, 1.165) is 28.9 Å². The monoisotopic (exact) mass is 358 g/mol. The van der Waals surface area contributed by atoms with Crippen LogP contribution in [0.15, 0.2) is 35.9 Å².